The number of aromatic nitrogens is 3. The van der Waals surface area contributed by atoms with Gasteiger partial charge < -0.3 is 21.1 Å². The number of rotatable bonds is 6. The molecular formula is C22H26N6O4. The van der Waals surface area contributed by atoms with E-state index < -0.39 is 11.6 Å². The number of carbonyl (C=O) groups is 2. The first-order valence-electron chi connectivity index (χ1n) is 11.0. The third-order valence-electron chi connectivity index (χ3n) is 7.05. The molecule has 1 amide bonds. The average Bonchev–Trinajstić information content (AvgIpc) is 3.45. The lowest BCUT2D eigenvalue weighted by Gasteiger charge is -2.39. The molecule has 168 valence electrons. The number of carboxylic acid groups (broad SMARTS) is 1. The second kappa shape index (κ2) is 7.32. The SMILES string of the molecule is Cc1cc(Nc2cc(NCCC(=O)O)ncn2)c(=O)n2c1C(=O)NC21CCC2(CC2)CC1. The van der Waals surface area contributed by atoms with E-state index in [-0.39, 0.29) is 24.4 Å². The fourth-order valence-corrected chi connectivity index (χ4v) is 5.03. The van der Waals surface area contributed by atoms with Gasteiger partial charge in [0.15, 0.2) is 0 Å². The van der Waals surface area contributed by atoms with Gasteiger partial charge in [0.2, 0.25) is 0 Å². The Morgan fingerprint density at radius 3 is 2.50 bits per heavy atom. The Balaban J connectivity index is 1.44. The number of fused-ring (bicyclic) bond motifs is 2. The second-order valence-electron chi connectivity index (χ2n) is 9.20. The summed E-state index contributed by atoms with van der Waals surface area (Å²) in [6, 6.07) is 3.29. The molecule has 10 nitrogen and oxygen atoms in total. The van der Waals surface area contributed by atoms with Gasteiger partial charge in [-0.3, -0.25) is 19.0 Å². The van der Waals surface area contributed by atoms with Crippen LogP contribution in [0.2, 0.25) is 0 Å². The van der Waals surface area contributed by atoms with Crippen molar-refractivity contribution in [1.29, 1.82) is 0 Å². The van der Waals surface area contributed by atoms with Crippen molar-refractivity contribution in [2.45, 2.75) is 57.5 Å². The molecule has 0 unspecified atom stereocenters. The van der Waals surface area contributed by atoms with E-state index in [9.17, 15) is 14.4 Å². The molecule has 2 fully saturated rings. The van der Waals surface area contributed by atoms with Gasteiger partial charge in [0.1, 0.15) is 35.0 Å². The molecule has 2 aliphatic carbocycles. The standard InChI is InChI=1S/C22H26N6O4/c1-13-10-14(26-16-11-15(24-12-25-16)23-9-2-17(29)30)20(32)28-18(13)19(31)27-22(28)7-5-21(3-4-21)6-8-22/h10-12H,2-9H2,1H3,(H,27,31)(H,29,30)(H2,23,24,25,26). The summed E-state index contributed by atoms with van der Waals surface area (Å²) in [7, 11) is 0. The van der Waals surface area contributed by atoms with Gasteiger partial charge in [0.25, 0.3) is 11.5 Å². The summed E-state index contributed by atoms with van der Waals surface area (Å²) in [6.45, 7) is 2.06. The highest BCUT2D eigenvalue weighted by Crippen LogP contribution is 2.59. The molecule has 1 aliphatic heterocycles. The zero-order valence-corrected chi connectivity index (χ0v) is 17.9. The number of aryl methyl sites for hydroxylation is 1. The fourth-order valence-electron chi connectivity index (χ4n) is 5.03. The Kier molecular flexibility index (Phi) is 4.68. The first-order chi connectivity index (χ1) is 15.3. The van der Waals surface area contributed by atoms with E-state index in [2.05, 4.69) is 25.9 Å². The number of aliphatic carboxylic acids is 1. The minimum Gasteiger partial charge on any atom is -0.481 e. The van der Waals surface area contributed by atoms with E-state index >= 15 is 0 Å². The molecule has 0 atom stereocenters. The predicted molar refractivity (Wildman–Crippen MR) is 117 cm³/mol. The lowest BCUT2D eigenvalue weighted by atomic mass is 9.79. The first kappa shape index (κ1) is 20.5. The Bertz CT molecular complexity index is 1160. The zero-order chi connectivity index (χ0) is 22.5. The molecule has 5 rings (SSSR count). The van der Waals surface area contributed by atoms with Crippen molar-refractivity contribution in [3.63, 3.8) is 0 Å². The van der Waals surface area contributed by atoms with Crippen LogP contribution in [0, 0.1) is 12.3 Å². The zero-order valence-electron chi connectivity index (χ0n) is 17.9. The number of hydrogen-bond donors (Lipinski definition) is 4. The molecule has 2 saturated carbocycles. The summed E-state index contributed by atoms with van der Waals surface area (Å²) < 4.78 is 1.66. The van der Waals surface area contributed by atoms with Gasteiger partial charge in [-0.1, -0.05) is 0 Å². The van der Waals surface area contributed by atoms with E-state index in [0.29, 0.717) is 28.4 Å². The summed E-state index contributed by atoms with van der Waals surface area (Å²) in [5.74, 6) is -0.234. The molecule has 32 heavy (non-hydrogen) atoms. The predicted octanol–water partition coefficient (Wildman–Crippen LogP) is 2.33. The number of amides is 1. The van der Waals surface area contributed by atoms with E-state index in [1.807, 2.05) is 6.92 Å². The maximum atomic E-state index is 13.5. The second-order valence-corrected chi connectivity index (χ2v) is 9.20. The number of carbonyl (C=O) groups excluding carboxylic acids is 1. The van der Waals surface area contributed by atoms with Gasteiger partial charge in [-0.15, -0.1) is 0 Å². The molecule has 3 heterocycles. The summed E-state index contributed by atoms with van der Waals surface area (Å²) in [4.78, 5) is 45.3. The van der Waals surface area contributed by atoms with Crippen molar-refractivity contribution < 1.29 is 14.7 Å². The van der Waals surface area contributed by atoms with Crippen LogP contribution in [-0.4, -0.2) is 38.1 Å². The van der Waals surface area contributed by atoms with Gasteiger partial charge in [-0.2, -0.15) is 0 Å². The van der Waals surface area contributed by atoms with Crippen LogP contribution >= 0.6 is 0 Å². The molecule has 4 N–H and O–H groups in total. The molecule has 2 aromatic heterocycles. The third-order valence-corrected chi connectivity index (χ3v) is 7.05. The average molecular weight is 438 g/mol. The lowest BCUT2D eigenvalue weighted by molar-refractivity contribution is -0.136. The minimum atomic E-state index is -0.904. The number of nitrogens with one attached hydrogen (secondary N) is 3. The molecule has 10 heteroatoms. The quantitative estimate of drug-likeness (QED) is 0.539. The highest BCUT2D eigenvalue weighted by molar-refractivity contribution is 5.97. The van der Waals surface area contributed by atoms with E-state index in [1.165, 1.54) is 19.2 Å². The van der Waals surface area contributed by atoms with Crippen LogP contribution in [0.3, 0.4) is 0 Å². The van der Waals surface area contributed by atoms with Crippen LogP contribution in [0.15, 0.2) is 23.3 Å². The fraction of sp³-hybridized carbons (Fsp3) is 0.500. The number of nitrogens with zero attached hydrogens (tertiary/aromatic N) is 3. The molecule has 0 bridgehead atoms. The summed E-state index contributed by atoms with van der Waals surface area (Å²) in [5, 5.41) is 17.9. The maximum Gasteiger partial charge on any atom is 0.305 e. The van der Waals surface area contributed by atoms with Crippen LogP contribution in [0.4, 0.5) is 17.3 Å². The highest BCUT2D eigenvalue weighted by atomic mass is 16.4. The van der Waals surface area contributed by atoms with Gasteiger partial charge in [-0.25, -0.2) is 9.97 Å². The monoisotopic (exact) mass is 438 g/mol. The highest BCUT2D eigenvalue weighted by Gasteiger charge is 2.53. The molecule has 2 spiro atoms. The number of pyridine rings is 1. The third kappa shape index (κ3) is 3.49. The maximum absolute atomic E-state index is 13.5. The van der Waals surface area contributed by atoms with E-state index in [0.717, 1.165) is 31.2 Å². The van der Waals surface area contributed by atoms with Crippen molar-refractivity contribution in [2.75, 3.05) is 17.2 Å². The smallest absolute Gasteiger partial charge is 0.305 e. The van der Waals surface area contributed by atoms with Crippen molar-refractivity contribution in [1.82, 2.24) is 19.9 Å². The largest absolute Gasteiger partial charge is 0.481 e. The van der Waals surface area contributed by atoms with Crippen molar-refractivity contribution in [2.24, 2.45) is 5.41 Å². The van der Waals surface area contributed by atoms with Crippen LogP contribution in [-0.2, 0) is 10.5 Å². The Hall–Kier alpha value is -3.43. The normalized spacial score (nSPS) is 19.5. The van der Waals surface area contributed by atoms with E-state index in [4.69, 9.17) is 5.11 Å². The van der Waals surface area contributed by atoms with Crippen molar-refractivity contribution in [3.8, 4) is 0 Å². The molecule has 2 aromatic rings. The van der Waals surface area contributed by atoms with Crippen LogP contribution in [0.1, 0.15) is 61.0 Å². The van der Waals surface area contributed by atoms with Gasteiger partial charge >= 0.3 is 5.97 Å². The van der Waals surface area contributed by atoms with Gasteiger partial charge in [0.05, 0.1) is 6.42 Å². The summed E-state index contributed by atoms with van der Waals surface area (Å²) >= 11 is 0. The number of hydrogen-bond acceptors (Lipinski definition) is 7. The van der Waals surface area contributed by atoms with Crippen molar-refractivity contribution >= 4 is 29.2 Å². The van der Waals surface area contributed by atoms with E-state index in [1.54, 1.807) is 16.7 Å². The summed E-state index contributed by atoms with van der Waals surface area (Å²) in [5.41, 5.74) is 1.01. The molecule has 0 saturated heterocycles. The molecular weight excluding hydrogens is 412 g/mol. The van der Waals surface area contributed by atoms with Crippen molar-refractivity contribution in [3.05, 3.63) is 40.1 Å². The molecule has 0 aromatic carbocycles. The Morgan fingerprint density at radius 2 is 1.81 bits per heavy atom. The molecule has 0 radical (unpaired) electrons. The Labute approximate surface area is 184 Å². The Morgan fingerprint density at radius 1 is 1.12 bits per heavy atom. The van der Waals surface area contributed by atoms with Crippen LogP contribution in [0.5, 0.6) is 0 Å². The van der Waals surface area contributed by atoms with Crippen LogP contribution in [0.25, 0.3) is 0 Å². The summed E-state index contributed by atoms with van der Waals surface area (Å²) in [6.07, 6.45) is 7.36. The number of anilines is 3. The minimum absolute atomic E-state index is 0.0392. The number of carboxylic acids is 1. The van der Waals surface area contributed by atoms with Crippen LogP contribution < -0.4 is 21.5 Å². The topological polar surface area (TPSA) is 138 Å². The van der Waals surface area contributed by atoms with Gasteiger partial charge in [0, 0.05) is 12.6 Å². The molecule has 3 aliphatic rings. The lowest BCUT2D eigenvalue weighted by Crippen LogP contribution is -2.50. The van der Waals surface area contributed by atoms with Gasteiger partial charge in [-0.05, 0) is 62.5 Å². The first-order valence-corrected chi connectivity index (χ1v) is 11.0.